The zero-order chi connectivity index (χ0) is 14.6. The van der Waals surface area contributed by atoms with Crippen LogP contribution in [-0.2, 0) is 11.2 Å². The minimum Gasteiger partial charge on any atom is -0.383 e. The lowest BCUT2D eigenvalue weighted by atomic mass is 10.1. The number of nitrogens with one attached hydrogen (secondary N) is 1. The first-order valence-electron chi connectivity index (χ1n) is 7.76. The highest BCUT2D eigenvalue weighted by Gasteiger charge is 2.13. The van der Waals surface area contributed by atoms with Gasteiger partial charge >= 0.3 is 0 Å². The lowest BCUT2D eigenvalue weighted by molar-refractivity contribution is 0.116. The maximum atomic E-state index is 5.23. The molecule has 1 aromatic heterocycles. The number of rotatable bonds is 12. The fraction of sp³-hybridized carbons (Fsp3) is 0.750. The summed E-state index contributed by atoms with van der Waals surface area (Å²) in [4.78, 5) is 2.56. The molecule has 0 aliphatic rings. The van der Waals surface area contributed by atoms with Crippen LogP contribution in [0.5, 0.6) is 0 Å². The van der Waals surface area contributed by atoms with Crippen LogP contribution in [0.1, 0.15) is 32.3 Å². The van der Waals surface area contributed by atoms with Crippen molar-refractivity contribution in [3.05, 3.63) is 22.4 Å². The van der Waals surface area contributed by atoms with Crippen LogP contribution in [0.15, 0.2) is 16.8 Å². The van der Waals surface area contributed by atoms with Gasteiger partial charge in [0.2, 0.25) is 0 Å². The summed E-state index contributed by atoms with van der Waals surface area (Å²) >= 11 is 1.78. The summed E-state index contributed by atoms with van der Waals surface area (Å²) in [6.07, 6.45) is 3.57. The Morgan fingerprint density at radius 1 is 1.25 bits per heavy atom. The molecule has 3 nitrogen and oxygen atoms in total. The van der Waals surface area contributed by atoms with Crippen LogP contribution < -0.4 is 5.32 Å². The molecular formula is C16H30N2OS. The number of ether oxygens (including phenoxy) is 1. The predicted octanol–water partition coefficient (Wildman–Crippen LogP) is 3.02. The van der Waals surface area contributed by atoms with Crippen molar-refractivity contribution in [3.63, 3.8) is 0 Å². The van der Waals surface area contributed by atoms with Gasteiger partial charge in [-0.05, 0) is 48.2 Å². The quantitative estimate of drug-likeness (QED) is 0.600. The Balaban J connectivity index is 2.19. The second-order valence-corrected chi connectivity index (χ2v) is 5.91. The Bertz CT molecular complexity index is 312. The van der Waals surface area contributed by atoms with Crippen molar-refractivity contribution in [3.8, 4) is 0 Å². The van der Waals surface area contributed by atoms with E-state index in [-0.39, 0.29) is 0 Å². The molecule has 0 saturated heterocycles. The van der Waals surface area contributed by atoms with Crippen LogP contribution in [-0.4, -0.2) is 50.8 Å². The molecule has 20 heavy (non-hydrogen) atoms. The number of methoxy groups -OCH3 is 1. The Morgan fingerprint density at radius 3 is 2.65 bits per heavy atom. The smallest absolute Gasteiger partial charge is 0.0589 e. The summed E-state index contributed by atoms with van der Waals surface area (Å²) in [5, 5.41) is 7.94. The van der Waals surface area contributed by atoms with Crippen molar-refractivity contribution in [1.82, 2.24) is 10.2 Å². The maximum absolute atomic E-state index is 5.23. The fourth-order valence-electron chi connectivity index (χ4n) is 2.51. The van der Waals surface area contributed by atoms with E-state index in [1.165, 1.54) is 18.4 Å². The summed E-state index contributed by atoms with van der Waals surface area (Å²) in [5.41, 5.74) is 1.44. The molecule has 116 valence electrons. The van der Waals surface area contributed by atoms with Gasteiger partial charge in [0, 0.05) is 32.8 Å². The number of thiophene rings is 1. The third kappa shape index (κ3) is 6.84. The number of nitrogens with zero attached hydrogens (tertiary/aromatic N) is 1. The highest BCUT2D eigenvalue weighted by molar-refractivity contribution is 7.07. The Morgan fingerprint density at radius 2 is 2.05 bits per heavy atom. The standard InChI is InChI=1S/C16H30N2OS/c1-4-16(5-2)18(11-12-19-3)10-9-17-8-6-15-7-13-20-14-15/h7,13-14,16-17H,4-6,8-12H2,1-3H3. The van der Waals surface area contributed by atoms with Gasteiger partial charge in [-0.25, -0.2) is 0 Å². The number of hydrogen-bond donors (Lipinski definition) is 1. The molecular weight excluding hydrogens is 268 g/mol. The van der Waals surface area contributed by atoms with Crippen molar-refractivity contribution in [2.45, 2.75) is 39.2 Å². The lowest BCUT2D eigenvalue weighted by Crippen LogP contribution is -2.41. The molecule has 0 unspecified atom stereocenters. The van der Waals surface area contributed by atoms with Gasteiger partial charge in [0.25, 0.3) is 0 Å². The minimum absolute atomic E-state index is 0.684. The molecule has 0 radical (unpaired) electrons. The highest BCUT2D eigenvalue weighted by Crippen LogP contribution is 2.08. The molecule has 0 amide bonds. The van der Waals surface area contributed by atoms with Crippen molar-refractivity contribution in [2.24, 2.45) is 0 Å². The third-order valence-electron chi connectivity index (χ3n) is 3.79. The van der Waals surface area contributed by atoms with Crippen LogP contribution >= 0.6 is 11.3 Å². The first-order valence-corrected chi connectivity index (χ1v) is 8.70. The molecule has 1 rings (SSSR count). The Kier molecular flexibility index (Phi) is 9.93. The summed E-state index contributed by atoms with van der Waals surface area (Å²) in [5.74, 6) is 0. The predicted molar refractivity (Wildman–Crippen MR) is 88.7 cm³/mol. The summed E-state index contributed by atoms with van der Waals surface area (Å²) < 4.78 is 5.23. The summed E-state index contributed by atoms with van der Waals surface area (Å²) in [6, 6.07) is 2.89. The first kappa shape index (κ1) is 17.6. The van der Waals surface area contributed by atoms with Crippen LogP contribution in [0.25, 0.3) is 0 Å². The van der Waals surface area contributed by atoms with Gasteiger partial charge < -0.3 is 10.1 Å². The van der Waals surface area contributed by atoms with E-state index < -0.39 is 0 Å². The first-order chi connectivity index (χ1) is 9.81. The van der Waals surface area contributed by atoms with Crippen molar-refractivity contribution in [2.75, 3.05) is 39.9 Å². The van der Waals surface area contributed by atoms with Crippen LogP contribution in [0.2, 0.25) is 0 Å². The molecule has 0 fully saturated rings. The van der Waals surface area contributed by atoms with Crippen molar-refractivity contribution < 1.29 is 4.74 Å². The molecule has 0 aliphatic heterocycles. The monoisotopic (exact) mass is 298 g/mol. The minimum atomic E-state index is 0.684. The largest absolute Gasteiger partial charge is 0.383 e. The van der Waals surface area contributed by atoms with Gasteiger partial charge in [-0.1, -0.05) is 13.8 Å². The SMILES string of the molecule is CCC(CC)N(CCNCCc1ccsc1)CCOC. The second kappa shape index (κ2) is 11.3. The third-order valence-corrected chi connectivity index (χ3v) is 4.52. The van der Waals surface area contributed by atoms with Crippen molar-refractivity contribution in [1.29, 1.82) is 0 Å². The van der Waals surface area contributed by atoms with Gasteiger partial charge in [0.05, 0.1) is 6.61 Å². The van der Waals surface area contributed by atoms with E-state index >= 15 is 0 Å². The molecule has 0 saturated carbocycles. The number of hydrogen-bond acceptors (Lipinski definition) is 4. The van der Waals surface area contributed by atoms with E-state index in [1.54, 1.807) is 18.4 Å². The highest BCUT2D eigenvalue weighted by atomic mass is 32.1. The molecule has 0 spiro atoms. The van der Waals surface area contributed by atoms with Gasteiger partial charge in [0.15, 0.2) is 0 Å². The van der Waals surface area contributed by atoms with E-state index in [9.17, 15) is 0 Å². The molecule has 0 aromatic carbocycles. The molecule has 0 aliphatic carbocycles. The fourth-order valence-corrected chi connectivity index (χ4v) is 3.21. The normalized spacial score (nSPS) is 11.7. The molecule has 1 aromatic rings. The van der Waals surface area contributed by atoms with Gasteiger partial charge in [-0.3, -0.25) is 4.90 Å². The van der Waals surface area contributed by atoms with Gasteiger partial charge in [-0.2, -0.15) is 11.3 Å². The molecule has 0 bridgehead atoms. The molecule has 1 heterocycles. The topological polar surface area (TPSA) is 24.5 Å². The molecule has 0 atom stereocenters. The Labute approximate surface area is 128 Å². The summed E-state index contributed by atoms with van der Waals surface area (Å²) in [7, 11) is 1.78. The lowest BCUT2D eigenvalue weighted by Gasteiger charge is -2.30. The van der Waals surface area contributed by atoms with Gasteiger partial charge in [0.1, 0.15) is 0 Å². The van der Waals surface area contributed by atoms with Crippen LogP contribution in [0.3, 0.4) is 0 Å². The van der Waals surface area contributed by atoms with Crippen molar-refractivity contribution >= 4 is 11.3 Å². The average Bonchev–Trinajstić information content (AvgIpc) is 2.98. The van der Waals surface area contributed by atoms with E-state index in [2.05, 4.69) is 40.9 Å². The zero-order valence-corrected chi connectivity index (χ0v) is 14.0. The molecule has 4 heteroatoms. The van der Waals surface area contributed by atoms with Crippen LogP contribution in [0.4, 0.5) is 0 Å². The van der Waals surface area contributed by atoms with E-state index in [0.717, 1.165) is 39.2 Å². The van der Waals surface area contributed by atoms with E-state index in [4.69, 9.17) is 4.74 Å². The average molecular weight is 298 g/mol. The van der Waals surface area contributed by atoms with E-state index in [1.807, 2.05) is 0 Å². The summed E-state index contributed by atoms with van der Waals surface area (Å²) in [6.45, 7) is 9.65. The molecule has 1 N–H and O–H groups in total. The second-order valence-electron chi connectivity index (χ2n) is 5.13. The Hall–Kier alpha value is -0.420. The maximum Gasteiger partial charge on any atom is 0.0589 e. The van der Waals surface area contributed by atoms with E-state index in [0.29, 0.717) is 6.04 Å². The zero-order valence-electron chi connectivity index (χ0n) is 13.2. The van der Waals surface area contributed by atoms with Gasteiger partial charge in [-0.15, -0.1) is 0 Å². The van der Waals surface area contributed by atoms with Crippen LogP contribution in [0, 0.1) is 0 Å².